The maximum absolute atomic E-state index is 6.21. The number of aromatic nitrogens is 3. The van der Waals surface area contributed by atoms with E-state index in [9.17, 15) is 0 Å². The molecule has 6 heteroatoms. The van der Waals surface area contributed by atoms with Gasteiger partial charge in [0.2, 0.25) is 12.3 Å². The van der Waals surface area contributed by atoms with E-state index < -0.39 is 0 Å². The lowest BCUT2D eigenvalue weighted by Gasteiger charge is -2.31. The largest absolute Gasteiger partial charge is 0.490 e. The minimum absolute atomic E-state index is 0.263. The molecular weight excluding hydrogens is 280 g/mol. The molecule has 0 radical (unpaired) electrons. The summed E-state index contributed by atoms with van der Waals surface area (Å²) in [7, 11) is 0. The van der Waals surface area contributed by atoms with Crippen LogP contribution in [0.4, 0.5) is 0 Å². The zero-order valence-corrected chi connectivity index (χ0v) is 12.2. The van der Waals surface area contributed by atoms with E-state index in [1.54, 1.807) is 0 Å². The number of hydrogen-bond donors (Lipinski definition) is 1. The van der Waals surface area contributed by atoms with Crippen LogP contribution in [0.2, 0.25) is 0 Å². The molecule has 0 saturated carbocycles. The van der Waals surface area contributed by atoms with Gasteiger partial charge in [0.05, 0.1) is 6.54 Å². The fourth-order valence-electron chi connectivity index (χ4n) is 2.98. The fourth-order valence-corrected chi connectivity index (χ4v) is 2.98. The van der Waals surface area contributed by atoms with E-state index in [0.717, 1.165) is 49.1 Å². The quantitative estimate of drug-likeness (QED) is 0.802. The van der Waals surface area contributed by atoms with Gasteiger partial charge < -0.3 is 14.1 Å². The number of piperidine rings is 1. The minimum Gasteiger partial charge on any atom is -0.490 e. The smallest absolute Gasteiger partial charge is 0.230 e. The van der Waals surface area contributed by atoms with Crippen LogP contribution in [0.3, 0.4) is 0 Å². The number of rotatable bonds is 4. The van der Waals surface area contributed by atoms with Gasteiger partial charge in [-0.05, 0) is 31.0 Å². The van der Waals surface area contributed by atoms with Crippen LogP contribution in [0, 0.1) is 0 Å². The second-order valence-electron chi connectivity index (χ2n) is 5.62. The van der Waals surface area contributed by atoms with Crippen LogP contribution in [-0.4, -0.2) is 39.3 Å². The Labute approximate surface area is 128 Å². The third kappa shape index (κ3) is 2.69. The normalized spacial score (nSPS) is 17.1. The van der Waals surface area contributed by atoms with Crippen molar-refractivity contribution in [2.75, 3.05) is 13.1 Å². The van der Waals surface area contributed by atoms with Gasteiger partial charge in [-0.3, -0.25) is 4.90 Å². The Balaban J connectivity index is 1.37. The van der Waals surface area contributed by atoms with Crippen LogP contribution in [0.25, 0.3) is 10.9 Å². The van der Waals surface area contributed by atoms with Crippen molar-refractivity contribution >= 4 is 10.9 Å². The molecule has 0 atom stereocenters. The number of fused-ring (bicyclic) bond motifs is 1. The van der Waals surface area contributed by atoms with Crippen LogP contribution in [0.15, 0.2) is 41.3 Å². The second-order valence-corrected chi connectivity index (χ2v) is 5.62. The van der Waals surface area contributed by atoms with E-state index in [2.05, 4.69) is 32.2 Å². The van der Waals surface area contributed by atoms with Crippen molar-refractivity contribution in [3.05, 3.63) is 42.7 Å². The summed E-state index contributed by atoms with van der Waals surface area (Å²) in [5.74, 6) is 1.64. The summed E-state index contributed by atoms with van der Waals surface area (Å²) in [6, 6.07) is 8.20. The molecule has 1 aliphatic heterocycles. The van der Waals surface area contributed by atoms with Gasteiger partial charge in [0.1, 0.15) is 11.9 Å². The monoisotopic (exact) mass is 298 g/mol. The van der Waals surface area contributed by atoms with Crippen LogP contribution >= 0.6 is 0 Å². The average molecular weight is 298 g/mol. The predicted octanol–water partition coefficient (Wildman–Crippen LogP) is 2.59. The number of benzene rings is 1. The molecule has 1 aromatic carbocycles. The zero-order valence-electron chi connectivity index (χ0n) is 12.2. The topological polar surface area (TPSA) is 67.2 Å². The highest BCUT2D eigenvalue weighted by molar-refractivity contribution is 5.85. The summed E-state index contributed by atoms with van der Waals surface area (Å²) in [6.45, 7) is 2.69. The van der Waals surface area contributed by atoms with Crippen molar-refractivity contribution in [1.82, 2.24) is 20.1 Å². The molecule has 0 unspecified atom stereocenters. The van der Waals surface area contributed by atoms with Crippen molar-refractivity contribution in [2.45, 2.75) is 25.5 Å². The van der Waals surface area contributed by atoms with Gasteiger partial charge in [-0.1, -0.05) is 6.07 Å². The molecule has 1 saturated heterocycles. The van der Waals surface area contributed by atoms with Crippen molar-refractivity contribution in [2.24, 2.45) is 0 Å². The van der Waals surface area contributed by atoms with E-state index in [0.29, 0.717) is 5.89 Å². The summed E-state index contributed by atoms with van der Waals surface area (Å²) in [5, 5.41) is 8.79. The van der Waals surface area contributed by atoms with E-state index in [-0.39, 0.29) is 6.10 Å². The standard InChI is InChI=1S/C16H18N4O2/c1-2-14-13(4-7-17-14)15(3-1)22-12-5-8-20(9-6-12)10-16-19-18-11-21-16/h1-4,7,11-12,17H,5-6,8-10H2. The number of nitrogens with zero attached hydrogens (tertiary/aromatic N) is 3. The molecule has 4 rings (SSSR count). The lowest BCUT2D eigenvalue weighted by molar-refractivity contribution is 0.0929. The molecular formula is C16H18N4O2. The highest BCUT2D eigenvalue weighted by Gasteiger charge is 2.22. The molecule has 1 aliphatic rings. The van der Waals surface area contributed by atoms with Gasteiger partial charge in [0, 0.05) is 30.2 Å². The molecule has 2 aromatic heterocycles. The van der Waals surface area contributed by atoms with E-state index in [4.69, 9.17) is 9.15 Å². The van der Waals surface area contributed by atoms with Gasteiger partial charge in [-0.15, -0.1) is 10.2 Å². The van der Waals surface area contributed by atoms with Gasteiger partial charge >= 0.3 is 0 Å². The zero-order chi connectivity index (χ0) is 14.8. The van der Waals surface area contributed by atoms with Gasteiger partial charge in [0.25, 0.3) is 0 Å². The van der Waals surface area contributed by atoms with Crippen LogP contribution in [-0.2, 0) is 6.54 Å². The molecule has 114 valence electrons. The fraction of sp³-hybridized carbons (Fsp3) is 0.375. The molecule has 1 N–H and O–H groups in total. The van der Waals surface area contributed by atoms with Gasteiger partial charge in [-0.2, -0.15) is 0 Å². The maximum atomic E-state index is 6.21. The first-order valence-electron chi connectivity index (χ1n) is 7.58. The molecule has 0 aliphatic carbocycles. The number of likely N-dealkylation sites (tertiary alicyclic amines) is 1. The Hall–Kier alpha value is -2.34. The van der Waals surface area contributed by atoms with Crippen molar-refractivity contribution in [1.29, 1.82) is 0 Å². The Morgan fingerprint density at radius 2 is 2.18 bits per heavy atom. The Kier molecular flexibility index (Phi) is 3.52. The lowest BCUT2D eigenvalue weighted by Crippen LogP contribution is -2.37. The minimum atomic E-state index is 0.263. The average Bonchev–Trinajstić information content (AvgIpc) is 3.21. The molecule has 1 fully saturated rings. The van der Waals surface area contributed by atoms with E-state index in [1.807, 2.05) is 18.3 Å². The summed E-state index contributed by atoms with van der Waals surface area (Å²) in [6.07, 6.45) is 5.61. The molecule has 6 nitrogen and oxygen atoms in total. The molecule has 0 amide bonds. The number of nitrogens with one attached hydrogen (secondary N) is 1. The first-order chi connectivity index (χ1) is 10.9. The SMILES string of the molecule is c1cc(OC2CCN(Cc3nnco3)CC2)c2cc[nH]c2c1. The van der Waals surface area contributed by atoms with Gasteiger partial charge in [0.15, 0.2) is 0 Å². The first-order valence-corrected chi connectivity index (χ1v) is 7.58. The molecule has 0 spiro atoms. The third-order valence-corrected chi connectivity index (χ3v) is 4.15. The number of H-pyrrole nitrogens is 1. The van der Waals surface area contributed by atoms with Crippen molar-refractivity contribution in [3.63, 3.8) is 0 Å². The second kappa shape index (κ2) is 5.81. The first kappa shape index (κ1) is 13.3. The highest BCUT2D eigenvalue weighted by Crippen LogP contribution is 2.27. The van der Waals surface area contributed by atoms with Crippen LogP contribution in [0.1, 0.15) is 18.7 Å². The molecule has 3 heterocycles. The summed E-state index contributed by atoms with van der Waals surface area (Å²) in [5.41, 5.74) is 1.12. The number of hydrogen-bond acceptors (Lipinski definition) is 5. The lowest BCUT2D eigenvalue weighted by atomic mass is 10.1. The number of aromatic amines is 1. The summed E-state index contributed by atoms with van der Waals surface area (Å²) >= 11 is 0. The van der Waals surface area contributed by atoms with Crippen LogP contribution in [0.5, 0.6) is 5.75 Å². The molecule has 0 bridgehead atoms. The Morgan fingerprint density at radius 1 is 1.27 bits per heavy atom. The molecule has 22 heavy (non-hydrogen) atoms. The maximum Gasteiger partial charge on any atom is 0.230 e. The van der Waals surface area contributed by atoms with E-state index >= 15 is 0 Å². The summed E-state index contributed by atoms with van der Waals surface area (Å²) < 4.78 is 11.4. The number of ether oxygens (including phenoxy) is 1. The Bertz CT molecular complexity index is 730. The predicted molar refractivity (Wildman–Crippen MR) is 81.5 cm³/mol. The molecule has 3 aromatic rings. The third-order valence-electron chi connectivity index (χ3n) is 4.15. The van der Waals surface area contributed by atoms with Gasteiger partial charge in [-0.25, -0.2) is 0 Å². The van der Waals surface area contributed by atoms with E-state index in [1.165, 1.54) is 6.39 Å². The summed E-state index contributed by atoms with van der Waals surface area (Å²) in [4.78, 5) is 5.54. The van der Waals surface area contributed by atoms with Crippen molar-refractivity contribution in [3.8, 4) is 5.75 Å². The Morgan fingerprint density at radius 3 is 3.00 bits per heavy atom. The highest BCUT2D eigenvalue weighted by atomic mass is 16.5. The van der Waals surface area contributed by atoms with Crippen LogP contribution < -0.4 is 4.74 Å². The van der Waals surface area contributed by atoms with Crippen molar-refractivity contribution < 1.29 is 9.15 Å².